The van der Waals surface area contributed by atoms with E-state index in [0.717, 1.165) is 69.0 Å². The van der Waals surface area contributed by atoms with Crippen molar-refractivity contribution in [3.63, 3.8) is 0 Å². The number of rotatable bonds is 11. The van der Waals surface area contributed by atoms with E-state index in [-0.39, 0.29) is 17.9 Å². The van der Waals surface area contributed by atoms with Crippen molar-refractivity contribution in [3.05, 3.63) is 29.4 Å². The molecule has 1 saturated carbocycles. The van der Waals surface area contributed by atoms with Crippen molar-refractivity contribution in [2.24, 2.45) is 5.92 Å². The van der Waals surface area contributed by atoms with Crippen LogP contribution < -0.4 is 25.6 Å². The minimum Gasteiger partial charge on any atom is -0.489 e. The summed E-state index contributed by atoms with van der Waals surface area (Å²) in [5, 5.41) is 10.0. The Kier molecular flexibility index (Phi) is 9.09. The lowest BCUT2D eigenvalue weighted by molar-refractivity contribution is -0.127. The van der Waals surface area contributed by atoms with Gasteiger partial charge in [-0.2, -0.15) is 4.98 Å². The monoisotopic (exact) mass is 515 g/mol. The number of amides is 1. The number of benzene rings is 1. The summed E-state index contributed by atoms with van der Waals surface area (Å²) in [4.78, 5) is 25.6. The smallest absolute Gasteiger partial charge is 0.229 e. The van der Waals surface area contributed by atoms with Gasteiger partial charge in [0.15, 0.2) is 0 Å². The van der Waals surface area contributed by atoms with Crippen molar-refractivity contribution >= 4 is 40.6 Å². The van der Waals surface area contributed by atoms with Gasteiger partial charge in [-0.1, -0.05) is 18.0 Å². The second-order valence-electron chi connectivity index (χ2n) is 9.85. The number of likely N-dealkylation sites (N-methyl/N-ethyl adjacent to an activating group) is 1. The zero-order chi connectivity index (χ0) is 25.5. The molecule has 1 aromatic carbocycles. The lowest BCUT2D eigenvalue weighted by Crippen LogP contribution is -2.44. The molecular formula is C26H38ClN7O2. The molecule has 9 nitrogen and oxygen atoms in total. The van der Waals surface area contributed by atoms with Crippen molar-refractivity contribution in [3.8, 4) is 5.75 Å². The number of anilines is 4. The summed E-state index contributed by atoms with van der Waals surface area (Å²) in [7, 11) is 2.15. The van der Waals surface area contributed by atoms with Crippen LogP contribution in [0.2, 0.25) is 5.02 Å². The molecule has 10 heteroatoms. The van der Waals surface area contributed by atoms with Crippen LogP contribution in [-0.2, 0) is 4.79 Å². The lowest BCUT2D eigenvalue weighted by Gasteiger charge is -2.34. The van der Waals surface area contributed by atoms with Crippen molar-refractivity contribution in [1.29, 1.82) is 0 Å². The minimum absolute atomic E-state index is 0.0291. The van der Waals surface area contributed by atoms with Gasteiger partial charge in [-0.15, -0.1) is 0 Å². The molecule has 0 bridgehead atoms. The molecule has 0 atom stereocenters. The number of nitrogens with one attached hydrogen (secondary N) is 3. The van der Waals surface area contributed by atoms with Gasteiger partial charge in [-0.3, -0.25) is 4.79 Å². The highest BCUT2D eigenvalue weighted by Gasteiger charge is 2.24. The van der Waals surface area contributed by atoms with Crippen LogP contribution in [-0.4, -0.2) is 73.2 Å². The molecule has 196 valence electrons. The van der Waals surface area contributed by atoms with Crippen molar-refractivity contribution in [2.45, 2.75) is 45.6 Å². The second-order valence-corrected chi connectivity index (χ2v) is 10.3. The Bertz CT molecular complexity index is 1020. The average Bonchev–Trinajstić information content (AvgIpc) is 2.81. The number of halogens is 1. The maximum absolute atomic E-state index is 12.0. The van der Waals surface area contributed by atoms with E-state index < -0.39 is 0 Å². The fourth-order valence-electron chi connectivity index (χ4n) is 4.22. The number of carbonyl (C=O) groups is 1. The zero-order valence-corrected chi connectivity index (χ0v) is 22.3. The normalized spacial score (nSPS) is 16.5. The number of piperazine rings is 1. The Hall–Kier alpha value is -2.78. The van der Waals surface area contributed by atoms with Gasteiger partial charge in [0.2, 0.25) is 11.9 Å². The molecule has 4 rings (SSSR count). The lowest BCUT2D eigenvalue weighted by atomic mass is 9.85. The summed E-state index contributed by atoms with van der Waals surface area (Å²) in [6, 6.07) is 6.20. The number of hydrogen-bond donors (Lipinski definition) is 3. The van der Waals surface area contributed by atoms with E-state index in [9.17, 15) is 4.79 Å². The Labute approximate surface area is 219 Å². The van der Waals surface area contributed by atoms with Crippen LogP contribution in [0.1, 0.15) is 39.5 Å². The first-order valence-corrected chi connectivity index (χ1v) is 13.3. The van der Waals surface area contributed by atoms with Crippen molar-refractivity contribution in [1.82, 2.24) is 20.2 Å². The third-order valence-electron chi connectivity index (χ3n) is 6.61. The molecule has 36 heavy (non-hydrogen) atoms. The molecule has 0 spiro atoms. The molecule has 2 heterocycles. The second kappa shape index (κ2) is 12.5. The molecule has 3 N–H and O–H groups in total. The van der Waals surface area contributed by atoms with Gasteiger partial charge in [0, 0.05) is 56.9 Å². The van der Waals surface area contributed by atoms with Gasteiger partial charge in [0.1, 0.15) is 16.6 Å². The topological polar surface area (TPSA) is 94.6 Å². The number of hydrogen-bond acceptors (Lipinski definition) is 8. The van der Waals surface area contributed by atoms with E-state index in [1.165, 1.54) is 0 Å². The van der Waals surface area contributed by atoms with Gasteiger partial charge in [-0.05, 0) is 52.3 Å². The summed E-state index contributed by atoms with van der Waals surface area (Å²) in [6.45, 7) is 9.37. The number of aromatic nitrogens is 2. The number of ether oxygens (including phenoxy) is 1. The molecule has 1 saturated heterocycles. The summed E-state index contributed by atoms with van der Waals surface area (Å²) >= 11 is 6.33. The van der Waals surface area contributed by atoms with E-state index >= 15 is 0 Å². The van der Waals surface area contributed by atoms with Gasteiger partial charge in [0.05, 0.1) is 18.0 Å². The van der Waals surface area contributed by atoms with Crippen LogP contribution in [0.3, 0.4) is 0 Å². The Morgan fingerprint density at radius 3 is 2.67 bits per heavy atom. The van der Waals surface area contributed by atoms with Crippen LogP contribution in [0.4, 0.5) is 23.1 Å². The van der Waals surface area contributed by atoms with Crippen LogP contribution in [0.5, 0.6) is 5.75 Å². The fraction of sp³-hybridized carbons (Fsp3) is 0.577. The zero-order valence-electron chi connectivity index (χ0n) is 21.5. The number of nitrogens with zero attached hydrogens (tertiary/aromatic N) is 4. The predicted molar refractivity (Wildman–Crippen MR) is 146 cm³/mol. The Morgan fingerprint density at radius 1 is 1.19 bits per heavy atom. The first-order chi connectivity index (χ1) is 17.4. The van der Waals surface area contributed by atoms with Crippen LogP contribution >= 0.6 is 11.6 Å². The summed E-state index contributed by atoms with van der Waals surface area (Å²) < 4.78 is 6.13. The van der Waals surface area contributed by atoms with E-state index in [1.807, 2.05) is 19.9 Å². The third kappa shape index (κ3) is 7.13. The molecule has 0 radical (unpaired) electrons. The van der Waals surface area contributed by atoms with E-state index in [2.05, 4.69) is 54.9 Å². The van der Waals surface area contributed by atoms with E-state index in [4.69, 9.17) is 16.3 Å². The first kappa shape index (κ1) is 26.3. The summed E-state index contributed by atoms with van der Waals surface area (Å²) in [6.07, 6.45) is 5.58. The van der Waals surface area contributed by atoms with Gasteiger partial charge in [0.25, 0.3) is 0 Å². The molecule has 2 fully saturated rings. The maximum Gasteiger partial charge on any atom is 0.229 e. The molecule has 1 aliphatic carbocycles. The van der Waals surface area contributed by atoms with Gasteiger partial charge in [-0.25, -0.2) is 4.98 Å². The highest BCUT2D eigenvalue weighted by Crippen LogP contribution is 2.33. The molecule has 2 aliphatic rings. The SMILES string of the molecule is CC(C)Oc1cc(N2CCN(C)CC2)ccc1Nc1ncc(Cl)c(NCCCNC(=O)C2CCC2)n1. The summed E-state index contributed by atoms with van der Waals surface area (Å²) in [5.74, 6) is 2.13. The van der Waals surface area contributed by atoms with Gasteiger partial charge >= 0.3 is 0 Å². The highest BCUT2D eigenvalue weighted by molar-refractivity contribution is 6.32. The number of carbonyl (C=O) groups excluding carboxylic acids is 1. The molecular weight excluding hydrogens is 478 g/mol. The van der Waals surface area contributed by atoms with Crippen molar-refractivity contribution in [2.75, 3.05) is 61.8 Å². The standard InChI is InChI=1S/C26H38ClN7O2/c1-18(2)36-23-16-20(34-14-12-33(3)13-15-34)8-9-22(23)31-26-30-17-21(27)24(32-26)28-10-5-11-29-25(35)19-6-4-7-19/h8-9,16-19H,4-7,10-15H2,1-3H3,(H,29,35)(H2,28,30,31,32). The largest absolute Gasteiger partial charge is 0.489 e. The third-order valence-corrected chi connectivity index (χ3v) is 6.88. The molecule has 1 amide bonds. The molecule has 0 unspecified atom stereocenters. The summed E-state index contributed by atoms with van der Waals surface area (Å²) in [5.41, 5.74) is 1.95. The maximum atomic E-state index is 12.0. The Morgan fingerprint density at radius 2 is 1.97 bits per heavy atom. The quantitative estimate of drug-likeness (QED) is 0.384. The van der Waals surface area contributed by atoms with E-state index in [1.54, 1.807) is 6.20 Å². The highest BCUT2D eigenvalue weighted by atomic mass is 35.5. The molecule has 2 aromatic rings. The van der Waals surface area contributed by atoms with Crippen LogP contribution in [0, 0.1) is 5.92 Å². The van der Waals surface area contributed by atoms with Gasteiger partial charge < -0.3 is 30.5 Å². The van der Waals surface area contributed by atoms with E-state index in [0.29, 0.717) is 29.9 Å². The Balaban J connectivity index is 1.37. The minimum atomic E-state index is 0.0291. The molecule has 1 aromatic heterocycles. The average molecular weight is 516 g/mol. The molecule has 1 aliphatic heterocycles. The van der Waals surface area contributed by atoms with Crippen molar-refractivity contribution < 1.29 is 9.53 Å². The van der Waals surface area contributed by atoms with Crippen LogP contribution in [0.25, 0.3) is 0 Å². The fourth-order valence-corrected chi connectivity index (χ4v) is 4.38. The first-order valence-electron chi connectivity index (χ1n) is 12.9. The predicted octanol–water partition coefficient (Wildman–Crippen LogP) is 4.13. The van der Waals surface area contributed by atoms with Crippen LogP contribution in [0.15, 0.2) is 24.4 Å².